The van der Waals surface area contributed by atoms with Crippen molar-refractivity contribution < 1.29 is 14.6 Å². The van der Waals surface area contributed by atoms with E-state index in [2.05, 4.69) is 9.78 Å². The summed E-state index contributed by atoms with van der Waals surface area (Å²) in [5.74, 6) is -0.490. The van der Waals surface area contributed by atoms with Gasteiger partial charge in [0.2, 0.25) is 0 Å². The Bertz CT molecular complexity index is 502. The number of aryl methyl sites for hydroxylation is 1. The molecule has 0 N–H and O–H groups in total. The Morgan fingerprint density at radius 1 is 1.33 bits per heavy atom. The second kappa shape index (κ2) is 3.74. The van der Waals surface area contributed by atoms with Crippen LogP contribution in [0.15, 0.2) is 30.3 Å². The van der Waals surface area contributed by atoms with Crippen molar-refractivity contribution >= 4 is 16.9 Å². The van der Waals surface area contributed by atoms with E-state index in [1.807, 2.05) is 31.3 Å². The summed E-state index contributed by atoms with van der Waals surface area (Å²) in [5, 5.41) is 1.00. The lowest BCUT2D eigenvalue weighted by molar-refractivity contribution is -0.216. The molecular formula is C11H11NO3. The SMILES string of the molecule is COOC(=O)c1cc2ccccc2n1C. The van der Waals surface area contributed by atoms with Gasteiger partial charge in [-0.25, -0.2) is 4.79 Å². The molecular weight excluding hydrogens is 194 g/mol. The molecule has 2 rings (SSSR count). The van der Waals surface area contributed by atoms with Crippen LogP contribution in [0.25, 0.3) is 10.9 Å². The Labute approximate surface area is 86.9 Å². The van der Waals surface area contributed by atoms with Crippen LogP contribution in [-0.2, 0) is 16.8 Å². The average molecular weight is 205 g/mol. The molecule has 0 unspecified atom stereocenters. The monoisotopic (exact) mass is 205 g/mol. The van der Waals surface area contributed by atoms with Crippen molar-refractivity contribution in [2.24, 2.45) is 7.05 Å². The topological polar surface area (TPSA) is 40.5 Å². The predicted octanol–water partition coefficient (Wildman–Crippen LogP) is 1.90. The minimum absolute atomic E-state index is 0.470. The van der Waals surface area contributed by atoms with Gasteiger partial charge in [-0.3, -0.25) is 4.89 Å². The third kappa shape index (κ3) is 1.59. The number of hydrogen-bond acceptors (Lipinski definition) is 3. The van der Waals surface area contributed by atoms with Gasteiger partial charge in [0, 0.05) is 18.0 Å². The number of para-hydroxylation sites is 1. The molecule has 0 bridgehead atoms. The molecule has 0 aliphatic carbocycles. The molecule has 1 aromatic heterocycles. The van der Waals surface area contributed by atoms with Crippen molar-refractivity contribution in [1.29, 1.82) is 0 Å². The quantitative estimate of drug-likeness (QED) is 0.555. The van der Waals surface area contributed by atoms with E-state index in [1.54, 1.807) is 10.6 Å². The second-order valence-corrected chi connectivity index (χ2v) is 3.18. The van der Waals surface area contributed by atoms with Gasteiger partial charge in [0.05, 0.1) is 7.11 Å². The number of hydrogen-bond donors (Lipinski definition) is 0. The summed E-state index contributed by atoms with van der Waals surface area (Å²) in [5.41, 5.74) is 1.46. The molecule has 0 saturated heterocycles. The van der Waals surface area contributed by atoms with E-state index in [1.165, 1.54) is 7.11 Å². The van der Waals surface area contributed by atoms with Crippen molar-refractivity contribution in [2.45, 2.75) is 0 Å². The van der Waals surface area contributed by atoms with E-state index in [0.717, 1.165) is 10.9 Å². The standard InChI is InChI=1S/C11H11NO3/c1-12-9-6-4-3-5-8(9)7-10(12)11(13)15-14-2/h3-7H,1-2H3. The lowest BCUT2D eigenvalue weighted by Gasteiger charge is -2.01. The fourth-order valence-electron chi connectivity index (χ4n) is 1.60. The fourth-order valence-corrected chi connectivity index (χ4v) is 1.60. The third-order valence-electron chi connectivity index (χ3n) is 2.32. The first kappa shape index (κ1) is 9.73. The molecule has 0 saturated carbocycles. The zero-order chi connectivity index (χ0) is 10.8. The molecule has 0 atom stereocenters. The highest BCUT2D eigenvalue weighted by Crippen LogP contribution is 2.18. The largest absolute Gasteiger partial charge is 0.389 e. The van der Waals surface area contributed by atoms with Crippen molar-refractivity contribution in [3.05, 3.63) is 36.0 Å². The molecule has 2 aromatic rings. The highest BCUT2D eigenvalue weighted by atomic mass is 17.2. The van der Waals surface area contributed by atoms with Gasteiger partial charge in [0.1, 0.15) is 5.69 Å². The maximum atomic E-state index is 11.5. The lowest BCUT2D eigenvalue weighted by Crippen LogP contribution is -2.08. The average Bonchev–Trinajstić information content (AvgIpc) is 2.57. The first-order valence-electron chi connectivity index (χ1n) is 4.53. The normalized spacial score (nSPS) is 10.5. The molecule has 4 heteroatoms. The number of fused-ring (bicyclic) bond motifs is 1. The highest BCUT2D eigenvalue weighted by molar-refractivity contribution is 5.95. The Hall–Kier alpha value is -1.81. The van der Waals surface area contributed by atoms with Crippen LogP contribution in [0.1, 0.15) is 10.5 Å². The Balaban J connectivity index is 2.53. The summed E-state index contributed by atoms with van der Waals surface area (Å²) in [6.07, 6.45) is 0. The van der Waals surface area contributed by atoms with Crippen LogP contribution in [0.4, 0.5) is 0 Å². The molecule has 0 radical (unpaired) electrons. The number of nitrogens with zero attached hydrogens (tertiary/aromatic N) is 1. The Morgan fingerprint density at radius 2 is 2.07 bits per heavy atom. The molecule has 0 aliphatic heterocycles. The molecule has 4 nitrogen and oxygen atoms in total. The fraction of sp³-hybridized carbons (Fsp3) is 0.182. The maximum Gasteiger partial charge on any atom is 0.389 e. The number of rotatable bonds is 2. The zero-order valence-corrected chi connectivity index (χ0v) is 8.56. The molecule has 15 heavy (non-hydrogen) atoms. The molecule has 0 amide bonds. The minimum atomic E-state index is -0.490. The van der Waals surface area contributed by atoms with E-state index in [0.29, 0.717) is 5.69 Å². The predicted molar refractivity (Wildman–Crippen MR) is 55.3 cm³/mol. The van der Waals surface area contributed by atoms with Gasteiger partial charge in [-0.1, -0.05) is 18.2 Å². The van der Waals surface area contributed by atoms with E-state index in [4.69, 9.17) is 0 Å². The number of aromatic nitrogens is 1. The molecule has 0 fully saturated rings. The molecule has 1 heterocycles. The van der Waals surface area contributed by atoms with Crippen molar-refractivity contribution in [1.82, 2.24) is 4.57 Å². The zero-order valence-electron chi connectivity index (χ0n) is 8.56. The van der Waals surface area contributed by atoms with Crippen LogP contribution in [0.5, 0.6) is 0 Å². The lowest BCUT2D eigenvalue weighted by atomic mass is 10.2. The number of benzene rings is 1. The van der Waals surface area contributed by atoms with Crippen LogP contribution >= 0.6 is 0 Å². The van der Waals surface area contributed by atoms with Gasteiger partial charge < -0.3 is 4.57 Å². The van der Waals surface area contributed by atoms with Crippen LogP contribution in [0.3, 0.4) is 0 Å². The number of carbonyl (C=O) groups excluding carboxylic acids is 1. The van der Waals surface area contributed by atoms with Gasteiger partial charge >= 0.3 is 5.97 Å². The van der Waals surface area contributed by atoms with Gasteiger partial charge in [-0.2, -0.15) is 4.89 Å². The van der Waals surface area contributed by atoms with Crippen molar-refractivity contribution in [3.8, 4) is 0 Å². The highest BCUT2D eigenvalue weighted by Gasteiger charge is 2.14. The summed E-state index contributed by atoms with van der Waals surface area (Å²) < 4.78 is 1.77. The van der Waals surface area contributed by atoms with Crippen molar-refractivity contribution in [2.75, 3.05) is 7.11 Å². The van der Waals surface area contributed by atoms with E-state index >= 15 is 0 Å². The van der Waals surface area contributed by atoms with Gasteiger partial charge in [0.15, 0.2) is 0 Å². The molecule has 1 aromatic carbocycles. The molecule has 0 spiro atoms. The summed E-state index contributed by atoms with van der Waals surface area (Å²) >= 11 is 0. The van der Waals surface area contributed by atoms with Gasteiger partial charge in [0.25, 0.3) is 0 Å². The van der Waals surface area contributed by atoms with Crippen LogP contribution in [0, 0.1) is 0 Å². The maximum absolute atomic E-state index is 11.5. The van der Waals surface area contributed by atoms with Crippen molar-refractivity contribution in [3.63, 3.8) is 0 Å². The minimum Gasteiger partial charge on any atom is -0.338 e. The van der Waals surface area contributed by atoms with E-state index < -0.39 is 5.97 Å². The molecule has 78 valence electrons. The van der Waals surface area contributed by atoms with E-state index in [9.17, 15) is 4.79 Å². The second-order valence-electron chi connectivity index (χ2n) is 3.18. The van der Waals surface area contributed by atoms with Crippen LogP contribution < -0.4 is 0 Å². The van der Waals surface area contributed by atoms with Gasteiger partial charge in [-0.05, 0) is 12.1 Å². The summed E-state index contributed by atoms with van der Waals surface area (Å²) in [6.45, 7) is 0. The summed E-state index contributed by atoms with van der Waals surface area (Å²) in [4.78, 5) is 20.3. The first-order chi connectivity index (χ1) is 7.24. The summed E-state index contributed by atoms with van der Waals surface area (Å²) in [6, 6.07) is 9.51. The van der Waals surface area contributed by atoms with Crippen LogP contribution in [-0.4, -0.2) is 17.6 Å². The van der Waals surface area contributed by atoms with Crippen LogP contribution in [0.2, 0.25) is 0 Å². The Kier molecular flexibility index (Phi) is 2.43. The molecule has 0 aliphatic rings. The smallest absolute Gasteiger partial charge is 0.338 e. The third-order valence-corrected chi connectivity index (χ3v) is 2.32. The van der Waals surface area contributed by atoms with Gasteiger partial charge in [-0.15, -0.1) is 0 Å². The first-order valence-corrected chi connectivity index (χ1v) is 4.53. The number of carbonyl (C=O) groups is 1. The summed E-state index contributed by atoms with van der Waals surface area (Å²) in [7, 11) is 3.12. The van der Waals surface area contributed by atoms with E-state index in [-0.39, 0.29) is 0 Å². The Morgan fingerprint density at radius 3 is 2.73 bits per heavy atom.